The lowest BCUT2D eigenvalue weighted by atomic mass is 9.95. The Bertz CT molecular complexity index is 1440. The highest BCUT2D eigenvalue weighted by atomic mass is 16.5. The molecule has 0 aliphatic carbocycles. The Morgan fingerprint density at radius 1 is 0.895 bits per heavy atom. The molecule has 0 radical (unpaired) electrons. The second kappa shape index (κ2) is 11.1. The predicted octanol–water partition coefficient (Wildman–Crippen LogP) is 5.88. The van der Waals surface area contributed by atoms with Crippen molar-refractivity contribution in [1.29, 1.82) is 0 Å². The first-order valence-corrected chi connectivity index (χ1v) is 12.4. The molecule has 3 aromatic carbocycles. The number of hydrogen-bond acceptors (Lipinski definition) is 6. The van der Waals surface area contributed by atoms with E-state index in [2.05, 4.69) is 0 Å². The first-order valence-electron chi connectivity index (χ1n) is 12.4. The Balaban J connectivity index is 1.54. The van der Waals surface area contributed by atoms with Gasteiger partial charge < -0.3 is 23.9 Å². The zero-order valence-corrected chi connectivity index (χ0v) is 20.9. The number of aliphatic hydroxyl groups excluding tert-OH is 1. The molecule has 5 rings (SSSR count). The summed E-state index contributed by atoms with van der Waals surface area (Å²) in [5, 5.41) is 11.3. The molecule has 1 aromatic heterocycles. The van der Waals surface area contributed by atoms with Crippen LogP contribution in [0.2, 0.25) is 0 Å². The van der Waals surface area contributed by atoms with Crippen molar-refractivity contribution in [3.05, 3.63) is 125 Å². The van der Waals surface area contributed by atoms with Gasteiger partial charge in [0.25, 0.3) is 11.7 Å². The van der Waals surface area contributed by atoms with E-state index in [1.54, 1.807) is 48.5 Å². The van der Waals surface area contributed by atoms with Crippen LogP contribution in [0.4, 0.5) is 0 Å². The maximum absolute atomic E-state index is 13.3. The molecule has 2 heterocycles. The second-order valence-corrected chi connectivity index (χ2v) is 8.81. The SMILES string of the molecule is CCOc1ccc(C(O)=C2C(=O)C(=O)N(Cc3ccco3)C2c2cccc(OCc3ccccc3)c2)cc1. The third-order valence-corrected chi connectivity index (χ3v) is 6.31. The molecule has 1 aliphatic heterocycles. The van der Waals surface area contributed by atoms with Crippen LogP contribution in [-0.2, 0) is 22.7 Å². The molecule has 1 N–H and O–H groups in total. The fourth-order valence-electron chi connectivity index (χ4n) is 4.51. The van der Waals surface area contributed by atoms with Crippen LogP contribution in [0.15, 0.2) is 107 Å². The topological polar surface area (TPSA) is 89.2 Å². The summed E-state index contributed by atoms with van der Waals surface area (Å²) >= 11 is 0. The van der Waals surface area contributed by atoms with Crippen molar-refractivity contribution in [2.45, 2.75) is 26.1 Å². The molecular formula is C31H27NO6. The molecule has 0 saturated carbocycles. The van der Waals surface area contributed by atoms with Gasteiger partial charge in [-0.15, -0.1) is 0 Å². The third-order valence-electron chi connectivity index (χ3n) is 6.31. The Morgan fingerprint density at radius 2 is 1.68 bits per heavy atom. The van der Waals surface area contributed by atoms with Gasteiger partial charge >= 0.3 is 0 Å². The Morgan fingerprint density at radius 3 is 2.39 bits per heavy atom. The number of rotatable bonds is 9. The summed E-state index contributed by atoms with van der Waals surface area (Å²) in [5.74, 6) is 0.0135. The number of Topliss-reactive ketones (excluding diaryl/α,β-unsaturated/α-hetero) is 1. The number of benzene rings is 3. The van der Waals surface area contributed by atoms with Crippen LogP contribution < -0.4 is 9.47 Å². The molecule has 0 bridgehead atoms. The van der Waals surface area contributed by atoms with Crippen molar-refractivity contribution in [3.8, 4) is 11.5 Å². The van der Waals surface area contributed by atoms with Crippen molar-refractivity contribution < 1.29 is 28.6 Å². The van der Waals surface area contributed by atoms with Gasteiger partial charge in [0.1, 0.15) is 29.6 Å². The average molecular weight is 510 g/mol. The molecule has 1 amide bonds. The smallest absolute Gasteiger partial charge is 0.296 e. The van der Waals surface area contributed by atoms with E-state index in [9.17, 15) is 14.7 Å². The maximum Gasteiger partial charge on any atom is 0.296 e. The molecule has 1 saturated heterocycles. The van der Waals surface area contributed by atoms with Crippen molar-refractivity contribution in [3.63, 3.8) is 0 Å². The lowest BCUT2D eigenvalue weighted by molar-refractivity contribution is -0.140. The first-order chi connectivity index (χ1) is 18.5. The number of aliphatic hydroxyl groups is 1. The normalized spacial score (nSPS) is 16.6. The maximum atomic E-state index is 13.3. The average Bonchev–Trinajstić information content (AvgIpc) is 3.55. The monoisotopic (exact) mass is 509 g/mol. The predicted molar refractivity (Wildman–Crippen MR) is 141 cm³/mol. The number of carbonyl (C=O) groups is 2. The highest BCUT2D eigenvalue weighted by Crippen LogP contribution is 2.41. The highest BCUT2D eigenvalue weighted by molar-refractivity contribution is 6.46. The fourth-order valence-corrected chi connectivity index (χ4v) is 4.51. The Labute approximate surface area is 220 Å². The molecule has 1 unspecified atom stereocenters. The van der Waals surface area contributed by atoms with Crippen LogP contribution in [0.25, 0.3) is 5.76 Å². The molecule has 7 nitrogen and oxygen atoms in total. The number of carbonyl (C=O) groups excluding carboxylic acids is 2. The van der Waals surface area contributed by atoms with Gasteiger partial charge in [-0.2, -0.15) is 0 Å². The van der Waals surface area contributed by atoms with Gasteiger partial charge in [-0.05, 0) is 66.6 Å². The van der Waals surface area contributed by atoms with E-state index in [0.717, 1.165) is 5.56 Å². The van der Waals surface area contributed by atoms with Gasteiger partial charge in [-0.25, -0.2) is 0 Å². The zero-order chi connectivity index (χ0) is 26.5. The zero-order valence-electron chi connectivity index (χ0n) is 20.9. The van der Waals surface area contributed by atoms with E-state index < -0.39 is 17.7 Å². The second-order valence-electron chi connectivity index (χ2n) is 8.81. The van der Waals surface area contributed by atoms with Crippen molar-refractivity contribution in [2.75, 3.05) is 6.61 Å². The third kappa shape index (κ3) is 5.18. The van der Waals surface area contributed by atoms with Crippen LogP contribution >= 0.6 is 0 Å². The molecule has 1 aliphatic rings. The number of likely N-dealkylation sites (tertiary alicyclic amines) is 1. The number of ether oxygens (including phenoxy) is 2. The van der Waals surface area contributed by atoms with Crippen molar-refractivity contribution in [2.24, 2.45) is 0 Å². The molecule has 7 heteroatoms. The largest absolute Gasteiger partial charge is 0.507 e. The van der Waals surface area contributed by atoms with Gasteiger partial charge in [0.05, 0.1) is 31.0 Å². The van der Waals surface area contributed by atoms with Crippen LogP contribution in [0.1, 0.15) is 35.4 Å². The van der Waals surface area contributed by atoms with E-state index >= 15 is 0 Å². The summed E-state index contributed by atoms with van der Waals surface area (Å²) in [5.41, 5.74) is 2.06. The summed E-state index contributed by atoms with van der Waals surface area (Å²) in [4.78, 5) is 28.0. The number of amides is 1. The lowest BCUT2D eigenvalue weighted by Crippen LogP contribution is -2.29. The van der Waals surface area contributed by atoms with E-state index in [0.29, 0.717) is 41.6 Å². The van der Waals surface area contributed by atoms with Crippen molar-refractivity contribution >= 4 is 17.4 Å². The highest BCUT2D eigenvalue weighted by Gasteiger charge is 2.46. The first kappa shape index (κ1) is 24.9. The van der Waals surface area contributed by atoms with Crippen LogP contribution in [0.5, 0.6) is 11.5 Å². The minimum Gasteiger partial charge on any atom is -0.507 e. The number of nitrogens with zero attached hydrogens (tertiary/aromatic N) is 1. The fraction of sp³-hybridized carbons (Fsp3) is 0.161. The van der Waals surface area contributed by atoms with Gasteiger partial charge in [0.15, 0.2) is 0 Å². The molecule has 1 fully saturated rings. The molecule has 38 heavy (non-hydrogen) atoms. The number of ketones is 1. The molecular weight excluding hydrogens is 482 g/mol. The summed E-state index contributed by atoms with van der Waals surface area (Å²) in [7, 11) is 0. The van der Waals surface area contributed by atoms with Gasteiger partial charge in [0, 0.05) is 5.56 Å². The Hall–Kier alpha value is -4.78. The lowest BCUT2D eigenvalue weighted by Gasteiger charge is -2.25. The number of furan rings is 1. The van der Waals surface area contributed by atoms with Gasteiger partial charge in [-0.1, -0.05) is 42.5 Å². The van der Waals surface area contributed by atoms with Gasteiger partial charge in [0.2, 0.25) is 0 Å². The molecule has 192 valence electrons. The van der Waals surface area contributed by atoms with E-state index in [4.69, 9.17) is 13.9 Å². The molecule has 4 aromatic rings. The Kier molecular flexibility index (Phi) is 7.26. The quantitative estimate of drug-likeness (QED) is 0.172. The van der Waals surface area contributed by atoms with E-state index in [1.165, 1.54) is 11.2 Å². The molecule has 1 atom stereocenters. The van der Waals surface area contributed by atoms with Gasteiger partial charge in [-0.3, -0.25) is 9.59 Å². The van der Waals surface area contributed by atoms with E-state index in [-0.39, 0.29) is 17.9 Å². The van der Waals surface area contributed by atoms with E-state index in [1.807, 2.05) is 49.4 Å². The van der Waals surface area contributed by atoms with Crippen LogP contribution in [0, 0.1) is 0 Å². The summed E-state index contributed by atoms with van der Waals surface area (Å²) in [6.45, 7) is 2.82. The summed E-state index contributed by atoms with van der Waals surface area (Å²) in [6.07, 6.45) is 1.51. The van der Waals surface area contributed by atoms with Crippen LogP contribution in [-0.4, -0.2) is 28.3 Å². The summed E-state index contributed by atoms with van der Waals surface area (Å²) in [6, 6.07) is 26.4. The van der Waals surface area contributed by atoms with Crippen LogP contribution in [0.3, 0.4) is 0 Å². The van der Waals surface area contributed by atoms with Crippen molar-refractivity contribution in [1.82, 2.24) is 4.90 Å². The molecule has 0 spiro atoms. The minimum absolute atomic E-state index is 0.00549. The number of hydrogen-bond donors (Lipinski definition) is 1. The standard InChI is InChI=1S/C31H27NO6/c1-2-36-24-15-13-22(14-16-24)29(33)27-28(32(31(35)30(27)34)19-26-12-7-17-37-26)23-10-6-11-25(18-23)38-20-21-8-4-3-5-9-21/h3-18,28,33H,2,19-20H2,1H3. The minimum atomic E-state index is -0.841. The summed E-state index contributed by atoms with van der Waals surface area (Å²) < 4.78 is 17.0.